The molecular formula is C14H12BrF3N6. The fourth-order valence-electron chi connectivity index (χ4n) is 2.18. The van der Waals surface area contributed by atoms with Gasteiger partial charge in [0.15, 0.2) is 11.5 Å². The van der Waals surface area contributed by atoms with Gasteiger partial charge in [0.05, 0.1) is 11.4 Å². The molecule has 3 aromatic rings. The van der Waals surface area contributed by atoms with Crippen LogP contribution in [0.2, 0.25) is 0 Å². The molecule has 24 heavy (non-hydrogen) atoms. The summed E-state index contributed by atoms with van der Waals surface area (Å²) in [5.74, 6) is 0.525. The maximum Gasteiger partial charge on any atom is 0.406 e. The largest absolute Gasteiger partial charge is 0.406 e. The Kier molecular flexibility index (Phi) is 4.16. The maximum atomic E-state index is 12.6. The van der Waals surface area contributed by atoms with E-state index in [9.17, 15) is 13.2 Å². The summed E-state index contributed by atoms with van der Waals surface area (Å²) in [4.78, 5) is 12.5. The second kappa shape index (κ2) is 6.00. The number of alkyl halides is 3. The normalized spacial score (nSPS) is 12.6. The molecule has 0 bridgehead atoms. The fourth-order valence-corrected chi connectivity index (χ4v) is 2.61. The fraction of sp³-hybridized carbons (Fsp3) is 0.286. The van der Waals surface area contributed by atoms with Crippen molar-refractivity contribution in [1.82, 2.24) is 29.1 Å². The molecule has 0 aliphatic carbocycles. The van der Waals surface area contributed by atoms with Crippen molar-refractivity contribution >= 4 is 33.7 Å². The number of nitrogens with zero attached hydrogens (tertiary/aromatic N) is 6. The SMILES string of the molecule is Cc1ncc(C)n2nc(C=Cc3nc(Br)cn3CC(F)(F)F)nc12. The van der Waals surface area contributed by atoms with E-state index >= 15 is 0 Å². The number of fused-ring (bicyclic) bond motifs is 1. The monoisotopic (exact) mass is 400 g/mol. The van der Waals surface area contributed by atoms with E-state index in [1.165, 1.54) is 18.3 Å². The quantitative estimate of drug-likeness (QED) is 0.675. The predicted molar refractivity (Wildman–Crippen MR) is 85.2 cm³/mol. The van der Waals surface area contributed by atoms with Crippen LogP contribution in [0.1, 0.15) is 23.0 Å². The second-order valence-electron chi connectivity index (χ2n) is 5.19. The van der Waals surface area contributed by atoms with Crippen molar-refractivity contribution in [2.75, 3.05) is 0 Å². The summed E-state index contributed by atoms with van der Waals surface area (Å²) >= 11 is 3.09. The van der Waals surface area contributed by atoms with Crippen molar-refractivity contribution in [3.8, 4) is 0 Å². The molecule has 0 unspecified atom stereocenters. The van der Waals surface area contributed by atoms with Crippen LogP contribution in [0.25, 0.3) is 17.8 Å². The van der Waals surface area contributed by atoms with Crippen LogP contribution >= 0.6 is 15.9 Å². The Morgan fingerprint density at radius 3 is 2.62 bits per heavy atom. The number of aromatic nitrogens is 6. The van der Waals surface area contributed by atoms with Crippen molar-refractivity contribution in [2.45, 2.75) is 26.6 Å². The lowest BCUT2D eigenvalue weighted by molar-refractivity contribution is -0.140. The van der Waals surface area contributed by atoms with Crippen LogP contribution in [0.5, 0.6) is 0 Å². The molecule has 0 aliphatic heterocycles. The van der Waals surface area contributed by atoms with Gasteiger partial charge in [-0.15, -0.1) is 5.10 Å². The first-order valence-corrected chi connectivity index (χ1v) is 7.69. The van der Waals surface area contributed by atoms with Crippen LogP contribution in [-0.2, 0) is 6.54 Å². The number of rotatable bonds is 3. The Hall–Kier alpha value is -2.23. The Balaban J connectivity index is 1.94. The van der Waals surface area contributed by atoms with Crippen molar-refractivity contribution in [2.24, 2.45) is 0 Å². The van der Waals surface area contributed by atoms with Gasteiger partial charge in [-0.2, -0.15) is 13.2 Å². The summed E-state index contributed by atoms with van der Waals surface area (Å²) in [5, 5.41) is 4.31. The van der Waals surface area contributed by atoms with Crippen molar-refractivity contribution in [1.29, 1.82) is 0 Å². The van der Waals surface area contributed by atoms with E-state index in [1.807, 2.05) is 13.8 Å². The molecule has 0 saturated carbocycles. The van der Waals surface area contributed by atoms with Crippen LogP contribution < -0.4 is 0 Å². The number of hydrogen-bond acceptors (Lipinski definition) is 4. The lowest BCUT2D eigenvalue weighted by Gasteiger charge is -2.08. The van der Waals surface area contributed by atoms with Crippen LogP contribution in [0.3, 0.4) is 0 Å². The molecule has 0 amide bonds. The standard InChI is InChI=1S/C14H12BrF3N6/c1-8-5-19-9(2)13-21-11(22-24(8)13)3-4-12-20-10(15)6-23(12)7-14(16,17)18/h3-6H,7H2,1-2H3. The molecule has 6 nitrogen and oxygen atoms in total. The van der Waals surface area contributed by atoms with Crippen LogP contribution in [0, 0.1) is 13.8 Å². The van der Waals surface area contributed by atoms with E-state index in [4.69, 9.17) is 0 Å². The van der Waals surface area contributed by atoms with E-state index in [0.29, 0.717) is 21.8 Å². The van der Waals surface area contributed by atoms with Gasteiger partial charge >= 0.3 is 6.18 Å². The molecule has 3 rings (SSSR count). The van der Waals surface area contributed by atoms with Gasteiger partial charge < -0.3 is 4.57 Å². The molecular weight excluding hydrogens is 389 g/mol. The Morgan fingerprint density at radius 1 is 1.21 bits per heavy atom. The number of hydrogen-bond donors (Lipinski definition) is 0. The average Bonchev–Trinajstić information content (AvgIpc) is 3.04. The van der Waals surface area contributed by atoms with Crippen LogP contribution in [-0.4, -0.2) is 35.3 Å². The van der Waals surface area contributed by atoms with Crippen molar-refractivity contribution in [3.05, 3.63) is 40.0 Å². The van der Waals surface area contributed by atoms with Gasteiger partial charge in [-0.25, -0.2) is 14.5 Å². The second-order valence-corrected chi connectivity index (χ2v) is 6.00. The molecule has 0 saturated heterocycles. The third-order valence-corrected chi connectivity index (χ3v) is 3.62. The molecule has 3 heterocycles. The van der Waals surface area contributed by atoms with E-state index in [2.05, 4.69) is 36.0 Å². The Labute approximate surface area is 143 Å². The van der Waals surface area contributed by atoms with Crippen LogP contribution in [0.15, 0.2) is 17.0 Å². The summed E-state index contributed by atoms with van der Waals surface area (Å²) in [6.45, 7) is 2.53. The average molecular weight is 401 g/mol. The summed E-state index contributed by atoms with van der Waals surface area (Å²) < 4.78 is 40.8. The van der Waals surface area contributed by atoms with E-state index < -0.39 is 12.7 Å². The van der Waals surface area contributed by atoms with Gasteiger partial charge in [-0.3, -0.25) is 4.98 Å². The zero-order valence-corrected chi connectivity index (χ0v) is 14.3. The third-order valence-electron chi connectivity index (χ3n) is 3.24. The van der Waals surface area contributed by atoms with Gasteiger partial charge in [0.25, 0.3) is 0 Å². The lowest BCUT2D eigenvalue weighted by Crippen LogP contribution is -2.17. The summed E-state index contributed by atoms with van der Waals surface area (Å²) in [7, 11) is 0. The summed E-state index contributed by atoms with van der Waals surface area (Å²) in [5.41, 5.74) is 2.13. The first-order chi connectivity index (χ1) is 11.2. The van der Waals surface area contributed by atoms with Crippen molar-refractivity contribution < 1.29 is 13.2 Å². The molecule has 0 radical (unpaired) electrons. The zero-order chi connectivity index (χ0) is 17.5. The highest BCUT2D eigenvalue weighted by Gasteiger charge is 2.29. The molecule has 0 atom stereocenters. The first-order valence-electron chi connectivity index (χ1n) is 6.89. The predicted octanol–water partition coefficient (Wildman–Crippen LogP) is 3.43. The van der Waals surface area contributed by atoms with Gasteiger partial charge in [0, 0.05) is 12.4 Å². The molecule has 10 heteroatoms. The molecule has 0 spiro atoms. The Bertz CT molecular complexity index is 886. The number of imidazole rings is 1. The molecule has 3 aromatic heterocycles. The van der Waals surface area contributed by atoms with Gasteiger partial charge in [-0.05, 0) is 41.9 Å². The zero-order valence-electron chi connectivity index (χ0n) is 12.7. The minimum atomic E-state index is -4.33. The maximum absolute atomic E-state index is 12.6. The highest BCUT2D eigenvalue weighted by Crippen LogP contribution is 2.21. The lowest BCUT2D eigenvalue weighted by atomic mass is 10.4. The summed E-state index contributed by atoms with van der Waals surface area (Å²) in [6.07, 6.45) is 1.60. The third kappa shape index (κ3) is 3.48. The number of halogens is 4. The van der Waals surface area contributed by atoms with Gasteiger partial charge in [0.1, 0.15) is 17.0 Å². The molecule has 0 aromatic carbocycles. The minimum absolute atomic E-state index is 0.157. The first kappa shape index (κ1) is 16.6. The minimum Gasteiger partial charge on any atom is -0.321 e. The molecule has 126 valence electrons. The van der Waals surface area contributed by atoms with Crippen LogP contribution in [0.4, 0.5) is 13.2 Å². The molecule has 0 aliphatic rings. The summed E-state index contributed by atoms with van der Waals surface area (Å²) in [6, 6.07) is 0. The Morgan fingerprint density at radius 2 is 1.96 bits per heavy atom. The highest BCUT2D eigenvalue weighted by atomic mass is 79.9. The van der Waals surface area contributed by atoms with Gasteiger partial charge in [-0.1, -0.05) is 0 Å². The van der Waals surface area contributed by atoms with E-state index in [-0.39, 0.29) is 5.82 Å². The van der Waals surface area contributed by atoms with Crippen molar-refractivity contribution in [3.63, 3.8) is 0 Å². The van der Waals surface area contributed by atoms with E-state index in [1.54, 1.807) is 10.7 Å². The topological polar surface area (TPSA) is 60.9 Å². The smallest absolute Gasteiger partial charge is 0.321 e. The number of aryl methyl sites for hydroxylation is 2. The highest BCUT2D eigenvalue weighted by molar-refractivity contribution is 9.10. The molecule has 0 fully saturated rings. The van der Waals surface area contributed by atoms with E-state index in [0.717, 1.165) is 10.3 Å². The van der Waals surface area contributed by atoms with Gasteiger partial charge in [0.2, 0.25) is 0 Å². The molecule has 0 N–H and O–H groups in total.